The standard InChI is InChI=1S/C18H24N4O3/c1-12(10-19-17(24)21-18(2,11-23)14-8-9-14)16-20-15(22-25-16)13-6-4-3-5-7-13/h3-7,12,14,23H,8-11H2,1-2H3,(H2,19,21,24). The van der Waals surface area contributed by atoms with Gasteiger partial charge in [-0.1, -0.05) is 42.4 Å². The smallest absolute Gasteiger partial charge is 0.315 e. The van der Waals surface area contributed by atoms with Crippen LogP contribution in [0.3, 0.4) is 0 Å². The second-order valence-electron chi connectivity index (χ2n) is 6.91. The number of carbonyl (C=O) groups excluding carboxylic acids is 1. The van der Waals surface area contributed by atoms with Crippen LogP contribution in [0.2, 0.25) is 0 Å². The van der Waals surface area contributed by atoms with Gasteiger partial charge in [0, 0.05) is 12.1 Å². The Morgan fingerprint density at radius 3 is 2.76 bits per heavy atom. The summed E-state index contributed by atoms with van der Waals surface area (Å²) in [5.74, 6) is 1.25. The first-order chi connectivity index (χ1) is 12.0. The SMILES string of the molecule is CC(CNC(=O)NC(C)(CO)C1CC1)c1nc(-c2ccccc2)no1. The van der Waals surface area contributed by atoms with Crippen LogP contribution in [0.1, 0.15) is 38.5 Å². The van der Waals surface area contributed by atoms with Crippen molar-refractivity contribution >= 4 is 6.03 Å². The molecule has 1 saturated carbocycles. The minimum absolute atomic E-state index is 0.0647. The van der Waals surface area contributed by atoms with Crippen molar-refractivity contribution in [3.05, 3.63) is 36.2 Å². The van der Waals surface area contributed by atoms with Crippen molar-refractivity contribution in [1.82, 2.24) is 20.8 Å². The summed E-state index contributed by atoms with van der Waals surface area (Å²) in [6, 6.07) is 9.30. The van der Waals surface area contributed by atoms with Crippen molar-refractivity contribution < 1.29 is 14.4 Å². The molecule has 1 aromatic heterocycles. The molecule has 0 saturated heterocycles. The fraction of sp³-hybridized carbons (Fsp3) is 0.500. The molecule has 0 bridgehead atoms. The van der Waals surface area contributed by atoms with Gasteiger partial charge < -0.3 is 20.3 Å². The van der Waals surface area contributed by atoms with Crippen LogP contribution < -0.4 is 10.6 Å². The van der Waals surface area contributed by atoms with Crippen LogP contribution in [0.15, 0.2) is 34.9 Å². The first kappa shape index (κ1) is 17.4. The van der Waals surface area contributed by atoms with E-state index in [0.29, 0.717) is 24.2 Å². The normalized spacial score (nSPS) is 17.6. The van der Waals surface area contributed by atoms with Gasteiger partial charge in [-0.15, -0.1) is 0 Å². The third-order valence-electron chi connectivity index (χ3n) is 4.67. The average Bonchev–Trinajstić information content (AvgIpc) is 3.38. The first-order valence-electron chi connectivity index (χ1n) is 8.58. The lowest BCUT2D eigenvalue weighted by molar-refractivity contribution is 0.155. The summed E-state index contributed by atoms with van der Waals surface area (Å²) in [6.07, 6.45) is 2.08. The minimum Gasteiger partial charge on any atom is -0.394 e. The Hall–Kier alpha value is -2.41. The van der Waals surface area contributed by atoms with E-state index in [1.54, 1.807) is 0 Å². The maximum atomic E-state index is 12.1. The molecule has 7 heteroatoms. The Morgan fingerprint density at radius 2 is 2.12 bits per heavy atom. The quantitative estimate of drug-likeness (QED) is 0.715. The number of aliphatic hydroxyl groups excluding tert-OH is 1. The van der Waals surface area contributed by atoms with E-state index in [4.69, 9.17) is 4.52 Å². The van der Waals surface area contributed by atoms with Crippen molar-refractivity contribution in [3.63, 3.8) is 0 Å². The van der Waals surface area contributed by atoms with Gasteiger partial charge in [0.25, 0.3) is 0 Å². The first-order valence-corrected chi connectivity index (χ1v) is 8.58. The second-order valence-corrected chi connectivity index (χ2v) is 6.91. The third kappa shape index (κ3) is 4.17. The lowest BCUT2D eigenvalue weighted by Gasteiger charge is -2.29. The molecular weight excluding hydrogens is 320 g/mol. The van der Waals surface area contributed by atoms with Crippen molar-refractivity contribution in [3.8, 4) is 11.4 Å². The molecule has 3 N–H and O–H groups in total. The Kier molecular flexibility index (Phi) is 5.03. The van der Waals surface area contributed by atoms with Gasteiger partial charge in [0.15, 0.2) is 0 Å². The molecule has 2 amide bonds. The molecule has 2 unspecified atom stereocenters. The zero-order chi connectivity index (χ0) is 17.9. The van der Waals surface area contributed by atoms with Gasteiger partial charge in [0.2, 0.25) is 11.7 Å². The van der Waals surface area contributed by atoms with E-state index in [-0.39, 0.29) is 18.6 Å². The van der Waals surface area contributed by atoms with Crippen molar-refractivity contribution in [2.24, 2.45) is 5.92 Å². The number of nitrogens with one attached hydrogen (secondary N) is 2. The number of amides is 2. The van der Waals surface area contributed by atoms with Gasteiger partial charge in [-0.25, -0.2) is 4.79 Å². The molecule has 0 radical (unpaired) electrons. The van der Waals surface area contributed by atoms with Crippen LogP contribution in [0.25, 0.3) is 11.4 Å². The zero-order valence-corrected chi connectivity index (χ0v) is 14.5. The topological polar surface area (TPSA) is 100 Å². The van der Waals surface area contributed by atoms with E-state index >= 15 is 0 Å². The predicted octanol–water partition coefficient (Wildman–Crippen LogP) is 2.30. The average molecular weight is 344 g/mol. The molecule has 2 aromatic rings. The molecule has 0 spiro atoms. The summed E-state index contributed by atoms with van der Waals surface area (Å²) in [7, 11) is 0. The molecule has 134 valence electrons. The van der Waals surface area contributed by atoms with Gasteiger partial charge in [0.1, 0.15) is 0 Å². The van der Waals surface area contributed by atoms with E-state index in [1.807, 2.05) is 44.2 Å². The van der Waals surface area contributed by atoms with Crippen molar-refractivity contribution in [2.75, 3.05) is 13.2 Å². The van der Waals surface area contributed by atoms with E-state index in [9.17, 15) is 9.90 Å². The number of nitrogens with zero attached hydrogens (tertiary/aromatic N) is 2. The largest absolute Gasteiger partial charge is 0.394 e. The van der Waals surface area contributed by atoms with Gasteiger partial charge in [-0.2, -0.15) is 4.98 Å². The molecule has 1 fully saturated rings. The van der Waals surface area contributed by atoms with Gasteiger partial charge >= 0.3 is 6.03 Å². The maximum absolute atomic E-state index is 12.1. The molecule has 25 heavy (non-hydrogen) atoms. The van der Waals surface area contributed by atoms with Crippen LogP contribution in [0.5, 0.6) is 0 Å². The summed E-state index contributed by atoms with van der Waals surface area (Å²) >= 11 is 0. The van der Waals surface area contributed by atoms with E-state index in [0.717, 1.165) is 18.4 Å². The summed E-state index contributed by atoms with van der Waals surface area (Å²) in [5.41, 5.74) is 0.330. The minimum atomic E-state index is -0.557. The molecule has 1 heterocycles. The maximum Gasteiger partial charge on any atom is 0.315 e. The monoisotopic (exact) mass is 344 g/mol. The third-order valence-corrected chi connectivity index (χ3v) is 4.67. The molecule has 0 aliphatic heterocycles. The molecule has 1 aliphatic rings. The van der Waals surface area contributed by atoms with Gasteiger partial charge in [-0.05, 0) is 25.7 Å². The number of urea groups is 1. The highest BCUT2D eigenvalue weighted by Gasteiger charge is 2.42. The zero-order valence-electron chi connectivity index (χ0n) is 14.5. The van der Waals surface area contributed by atoms with Crippen LogP contribution in [-0.2, 0) is 0 Å². The lowest BCUT2D eigenvalue weighted by Crippen LogP contribution is -2.54. The van der Waals surface area contributed by atoms with Crippen LogP contribution in [0, 0.1) is 5.92 Å². The summed E-state index contributed by atoms with van der Waals surface area (Å²) in [4.78, 5) is 16.5. The van der Waals surface area contributed by atoms with Crippen LogP contribution >= 0.6 is 0 Å². The lowest BCUT2D eigenvalue weighted by atomic mass is 9.97. The predicted molar refractivity (Wildman–Crippen MR) is 92.9 cm³/mol. The molecule has 1 aliphatic carbocycles. The Morgan fingerprint density at radius 1 is 1.40 bits per heavy atom. The highest BCUT2D eigenvalue weighted by atomic mass is 16.5. The highest BCUT2D eigenvalue weighted by molar-refractivity contribution is 5.75. The number of aromatic nitrogens is 2. The number of rotatable bonds is 7. The number of benzene rings is 1. The summed E-state index contributed by atoms with van der Waals surface area (Å²) < 4.78 is 5.31. The molecule has 1 aromatic carbocycles. The van der Waals surface area contributed by atoms with Crippen LogP contribution in [-0.4, -0.2) is 40.0 Å². The van der Waals surface area contributed by atoms with E-state index in [1.165, 1.54) is 0 Å². The second kappa shape index (κ2) is 7.23. The van der Waals surface area contributed by atoms with E-state index in [2.05, 4.69) is 20.8 Å². The van der Waals surface area contributed by atoms with E-state index < -0.39 is 5.54 Å². The molecule has 2 atom stereocenters. The summed E-state index contributed by atoms with van der Waals surface area (Å²) in [5, 5.41) is 19.2. The number of carbonyl (C=O) groups is 1. The Balaban J connectivity index is 1.53. The number of aliphatic hydroxyl groups is 1. The fourth-order valence-electron chi connectivity index (χ4n) is 2.77. The fourth-order valence-corrected chi connectivity index (χ4v) is 2.77. The number of hydrogen-bond acceptors (Lipinski definition) is 5. The van der Waals surface area contributed by atoms with Gasteiger partial charge in [-0.3, -0.25) is 0 Å². The molecular formula is C18H24N4O3. The summed E-state index contributed by atoms with van der Waals surface area (Å²) in [6.45, 7) is 4.09. The number of hydrogen-bond donors (Lipinski definition) is 3. The van der Waals surface area contributed by atoms with Crippen molar-refractivity contribution in [1.29, 1.82) is 0 Å². The Bertz CT molecular complexity index is 714. The van der Waals surface area contributed by atoms with Gasteiger partial charge in [0.05, 0.1) is 18.1 Å². The highest BCUT2D eigenvalue weighted by Crippen LogP contribution is 2.39. The van der Waals surface area contributed by atoms with Crippen molar-refractivity contribution in [2.45, 2.75) is 38.1 Å². The van der Waals surface area contributed by atoms with Crippen LogP contribution in [0.4, 0.5) is 4.79 Å². The molecule has 3 rings (SSSR count). The Labute approximate surface area is 146 Å². The molecule has 7 nitrogen and oxygen atoms in total.